The second-order valence-electron chi connectivity index (χ2n) is 3.77. The van der Waals surface area contributed by atoms with Crippen LogP contribution in [0, 0.1) is 6.92 Å². The first-order valence-electron chi connectivity index (χ1n) is 5.49. The topological polar surface area (TPSA) is 103 Å². The molecule has 0 bridgehead atoms. The summed E-state index contributed by atoms with van der Waals surface area (Å²) in [6.07, 6.45) is 0. The van der Waals surface area contributed by atoms with E-state index in [-0.39, 0.29) is 14.4 Å². The summed E-state index contributed by atoms with van der Waals surface area (Å²) in [4.78, 5) is 26.5. The highest BCUT2D eigenvalue weighted by Crippen LogP contribution is 2.29. The number of ether oxygens (including phenoxy) is 2. The van der Waals surface area contributed by atoms with Crippen LogP contribution in [-0.4, -0.2) is 57.0 Å². The van der Waals surface area contributed by atoms with Crippen LogP contribution in [-0.2, 0) is 29.1 Å². The van der Waals surface area contributed by atoms with Gasteiger partial charge in [-0.3, -0.25) is 9.59 Å². The van der Waals surface area contributed by atoms with Crippen molar-refractivity contribution in [1.29, 1.82) is 0 Å². The Morgan fingerprint density at radius 3 is 2.05 bits per heavy atom. The third-order valence-corrected chi connectivity index (χ3v) is 6.01. The molecule has 1 aromatic rings. The molecule has 0 N–H and O–H groups in total. The van der Waals surface area contributed by atoms with E-state index in [1.54, 1.807) is 0 Å². The van der Waals surface area contributed by atoms with Crippen LogP contribution in [0.2, 0.25) is 4.47 Å². The number of nitrogens with zero attached hydrogens (tertiary/aromatic N) is 2. The Hall–Kier alpha value is -1.23. The van der Waals surface area contributed by atoms with Crippen LogP contribution in [0.25, 0.3) is 0 Å². The standard InChI is InChI=1S/C10H13ClN2O6S2/c1-6-9(20-10(11)12-6)21(16,17)13(4-7(14)18-2)5-8(15)19-3/h4-5H2,1-3H3. The lowest BCUT2D eigenvalue weighted by molar-refractivity contribution is -0.143. The Bertz CT molecular complexity index is 624. The summed E-state index contributed by atoms with van der Waals surface area (Å²) >= 11 is 6.42. The van der Waals surface area contributed by atoms with Crippen molar-refractivity contribution >= 4 is 44.9 Å². The predicted octanol–water partition coefficient (Wildman–Crippen LogP) is 0.442. The number of thiazole rings is 1. The van der Waals surface area contributed by atoms with Gasteiger partial charge in [0, 0.05) is 0 Å². The molecule has 0 aliphatic heterocycles. The van der Waals surface area contributed by atoms with Gasteiger partial charge in [-0.15, -0.1) is 0 Å². The largest absolute Gasteiger partial charge is 0.468 e. The zero-order valence-corrected chi connectivity index (χ0v) is 13.8. The number of carbonyl (C=O) groups is 2. The number of hydrogen-bond donors (Lipinski definition) is 0. The van der Waals surface area contributed by atoms with Crippen molar-refractivity contribution in [1.82, 2.24) is 9.29 Å². The number of methoxy groups -OCH3 is 2. The van der Waals surface area contributed by atoms with Gasteiger partial charge in [-0.25, -0.2) is 13.4 Å². The molecule has 0 saturated carbocycles. The normalized spacial score (nSPS) is 11.5. The third kappa shape index (κ3) is 4.37. The number of sulfonamides is 1. The molecule has 11 heteroatoms. The predicted molar refractivity (Wildman–Crippen MR) is 74.7 cm³/mol. The molecule has 1 heterocycles. The van der Waals surface area contributed by atoms with Crippen molar-refractivity contribution in [2.24, 2.45) is 0 Å². The van der Waals surface area contributed by atoms with E-state index in [1.807, 2.05) is 0 Å². The fraction of sp³-hybridized carbons (Fsp3) is 0.500. The van der Waals surface area contributed by atoms with Crippen LogP contribution in [0.1, 0.15) is 5.69 Å². The van der Waals surface area contributed by atoms with E-state index in [4.69, 9.17) is 11.6 Å². The summed E-state index contributed by atoms with van der Waals surface area (Å²) in [7, 11) is -1.90. The second kappa shape index (κ2) is 7.16. The molecule has 0 spiro atoms. The molecule has 1 rings (SSSR count). The van der Waals surface area contributed by atoms with E-state index in [0.29, 0.717) is 4.31 Å². The first-order chi connectivity index (χ1) is 9.72. The van der Waals surface area contributed by atoms with Gasteiger partial charge in [0.15, 0.2) is 8.68 Å². The fourth-order valence-electron chi connectivity index (χ4n) is 1.35. The average molecular weight is 357 g/mol. The van der Waals surface area contributed by atoms with Crippen LogP contribution in [0.5, 0.6) is 0 Å². The number of carbonyl (C=O) groups excluding carboxylic acids is 2. The smallest absolute Gasteiger partial charge is 0.321 e. The molecule has 1 aromatic heterocycles. The maximum absolute atomic E-state index is 12.5. The second-order valence-corrected chi connectivity index (χ2v) is 7.48. The molecular weight excluding hydrogens is 344 g/mol. The zero-order valence-electron chi connectivity index (χ0n) is 11.5. The third-order valence-electron chi connectivity index (χ3n) is 2.37. The molecule has 0 aliphatic carbocycles. The number of rotatable bonds is 6. The minimum atomic E-state index is -4.12. The number of halogens is 1. The highest BCUT2D eigenvalue weighted by molar-refractivity contribution is 7.91. The number of hydrogen-bond acceptors (Lipinski definition) is 8. The van der Waals surface area contributed by atoms with Crippen molar-refractivity contribution in [2.75, 3.05) is 27.3 Å². The lowest BCUT2D eigenvalue weighted by Crippen LogP contribution is -2.40. The Morgan fingerprint density at radius 2 is 1.71 bits per heavy atom. The molecule has 8 nitrogen and oxygen atoms in total. The van der Waals surface area contributed by atoms with Crippen LogP contribution in [0.3, 0.4) is 0 Å². The summed E-state index contributed by atoms with van der Waals surface area (Å²) in [5.74, 6) is -1.62. The SMILES string of the molecule is COC(=O)CN(CC(=O)OC)S(=O)(=O)c1sc(Cl)nc1C. The van der Waals surface area contributed by atoms with E-state index < -0.39 is 35.1 Å². The van der Waals surface area contributed by atoms with Crippen LogP contribution >= 0.6 is 22.9 Å². The first kappa shape index (κ1) is 17.8. The van der Waals surface area contributed by atoms with Gasteiger partial charge in [0.25, 0.3) is 10.0 Å². The van der Waals surface area contributed by atoms with Crippen molar-refractivity contribution in [3.63, 3.8) is 0 Å². The molecular formula is C10H13ClN2O6S2. The van der Waals surface area contributed by atoms with Gasteiger partial charge < -0.3 is 9.47 Å². The quantitative estimate of drug-likeness (QED) is 0.681. The lowest BCUT2D eigenvalue weighted by Gasteiger charge is -2.18. The Morgan fingerprint density at radius 1 is 1.24 bits per heavy atom. The van der Waals surface area contributed by atoms with E-state index in [1.165, 1.54) is 6.92 Å². The highest BCUT2D eigenvalue weighted by atomic mass is 35.5. The molecule has 0 fully saturated rings. The molecule has 0 saturated heterocycles. The van der Waals surface area contributed by atoms with Crippen LogP contribution in [0.4, 0.5) is 0 Å². The maximum atomic E-state index is 12.5. The van der Waals surface area contributed by atoms with E-state index in [0.717, 1.165) is 25.6 Å². The zero-order chi connectivity index (χ0) is 16.2. The van der Waals surface area contributed by atoms with Crippen LogP contribution < -0.4 is 0 Å². The van der Waals surface area contributed by atoms with Crippen molar-refractivity contribution in [3.05, 3.63) is 10.2 Å². The Labute approximate surface area is 130 Å². The maximum Gasteiger partial charge on any atom is 0.321 e. The number of aryl methyl sites for hydroxylation is 1. The fourth-order valence-corrected chi connectivity index (χ4v) is 4.55. The molecule has 118 valence electrons. The summed E-state index contributed by atoms with van der Waals surface area (Å²) in [5.41, 5.74) is 0.185. The molecule has 0 radical (unpaired) electrons. The minimum absolute atomic E-state index is 0.0437. The first-order valence-corrected chi connectivity index (χ1v) is 8.12. The van der Waals surface area contributed by atoms with Gasteiger partial charge in [-0.2, -0.15) is 4.31 Å². The van der Waals surface area contributed by atoms with Crippen molar-refractivity contribution < 1.29 is 27.5 Å². The Balaban J connectivity index is 3.19. The monoisotopic (exact) mass is 356 g/mol. The number of aromatic nitrogens is 1. The molecule has 21 heavy (non-hydrogen) atoms. The Kier molecular flexibility index (Phi) is 6.08. The molecule has 0 aromatic carbocycles. The molecule has 0 amide bonds. The van der Waals surface area contributed by atoms with E-state index >= 15 is 0 Å². The number of esters is 2. The molecule has 0 unspecified atom stereocenters. The van der Waals surface area contributed by atoms with E-state index in [2.05, 4.69) is 14.5 Å². The van der Waals surface area contributed by atoms with Gasteiger partial charge in [-0.1, -0.05) is 22.9 Å². The van der Waals surface area contributed by atoms with Gasteiger partial charge in [0.2, 0.25) is 0 Å². The van der Waals surface area contributed by atoms with Crippen LogP contribution in [0.15, 0.2) is 4.21 Å². The minimum Gasteiger partial charge on any atom is -0.468 e. The highest BCUT2D eigenvalue weighted by Gasteiger charge is 2.32. The van der Waals surface area contributed by atoms with Gasteiger partial charge >= 0.3 is 11.9 Å². The lowest BCUT2D eigenvalue weighted by atomic mass is 10.6. The summed E-state index contributed by atoms with van der Waals surface area (Å²) in [6, 6.07) is 0. The molecule has 0 aliphatic rings. The van der Waals surface area contributed by atoms with Gasteiger partial charge in [0.1, 0.15) is 13.1 Å². The van der Waals surface area contributed by atoms with Crippen molar-refractivity contribution in [3.8, 4) is 0 Å². The van der Waals surface area contributed by atoms with Crippen molar-refractivity contribution in [2.45, 2.75) is 11.1 Å². The van der Waals surface area contributed by atoms with E-state index in [9.17, 15) is 18.0 Å². The van der Waals surface area contributed by atoms with Gasteiger partial charge in [0.05, 0.1) is 19.9 Å². The average Bonchev–Trinajstić information content (AvgIpc) is 2.77. The van der Waals surface area contributed by atoms with Gasteiger partial charge in [-0.05, 0) is 6.92 Å². The molecule has 0 atom stereocenters. The summed E-state index contributed by atoms with van der Waals surface area (Å²) in [6.45, 7) is 0.218. The summed E-state index contributed by atoms with van der Waals surface area (Å²) in [5, 5.41) is 0. The summed E-state index contributed by atoms with van der Waals surface area (Å²) < 4.78 is 34.4.